The van der Waals surface area contributed by atoms with Crippen LogP contribution in [0.2, 0.25) is 0 Å². The second-order valence-electron chi connectivity index (χ2n) is 4.64. The highest BCUT2D eigenvalue weighted by molar-refractivity contribution is 5.85. The van der Waals surface area contributed by atoms with Crippen LogP contribution in [-0.2, 0) is 0 Å². The van der Waals surface area contributed by atoms with E-state index >= 15 is 0 Å². The minimum atomic E-state index is 0. The Labute approximate surface area is 108 Å². The number of rotatable bonds is 6. The maximum absolute atomic E-state index is 2.63. The summed E-state index contributed by atoms with van der Waals surface area (Å²) in [7, 11) is 0. The van der Waals surface area contributed by atoms with Gasteiger partial charge in [-0.3, -0.25) is 0 Å². The van der Waals surface area contributed by atoms with Crippen LogP contribution in [0, 0.1) is 0 Å². The number of piperidine rings is 1. The maximum atomic E-state index is 2.63. The quantitative estimate of drug-likeness (QED) is 0.610. The number of nitrogens with zero attached hydrogens (tertiary/aromatic N) is 1. The third-order valence-electron chi connectivity index (χ3n) is 3.24. The molecule has 96 valence electrons. The molecule has 0 atom stereocenters. The van der Waals surface area contributed by atoms with Crippen molar-refractivity contribution in [2.75, 3.05) is 13.1 Å². The second kappa shape index (κ2) is 10.0. The lowest BCUT2D eigenvalue weighted by Gasteiger charge is -2.32. The van der Waals surface area contributed by atoms with Crippen LogP contribution < -0.4 is 0 Å². The molecule has 0 spiro atoms. The van der Waals surface area contributed by atoms with Gasteiger partial charge in [0, 0.05) is 18.8 Å². The Balaban J connectivity index is 0.00000225. The molecule has 0 radical (unpaired) electrons. The van der Waals surface area contributed by atoms with Crippen LogP contribution in [-0.4, -0.2) is 18.0 Å². The molecule has 1 aliphatic heterocycles. The first-order valence-electron chi connectivity index (χ1n) is 6.82. The van der Waals surface area contributed by atoms with Crippen molar-refractivity contribution < 1.29 is 0 Å². The van der Waals surface area contributed by atoms with E-state index in [0.717, 1.165) is 0 Å². The molecule has 0 unspecified atom stereocenters. The molecule has 1 saturated heterocycles. The monoisotopic (exact) mass is 245 g/mol. The summed E-state index contributed by atoms with van der Waals surface area (Å²) in [6.45, 7) is 7.14. The molecule has 1 nitrogen and oxygen atoms in total. The first kappa shape index (κ1) is 15.8. The molecule has 0 saturated carbocycles. The zero-order chi connectivity index (χ0) is 10.9. The predicted octanol–water partition coefficient (Wildman–Crippen LogP) is 4.77. The summed E-state index contributed by atoms with van der Waals surface area (Å²) < 4.78 is 0. The molecule has 0 aromatic carbocycles. The summed E-state index contributed by atoms with van der Waals surface area (Å²) in [5, 5.41) is 0. The smallest absolute Gasteiger partial charge is 0.0175 e. The lowest BCUT2D eigenvalue weighted by atomic mass is 10.0. The van der Waals surface area contributed by atoms with E-state index < -0.39 is 0 Å². The Kier molecular flexibility index (Phi) is 9.91. The topological polar surface area (TPSA) is 3.24 Å². The van der Waals surface area contributed by atoms with Gasteiger partial charge >= 0.3 is 0 Å². The highest BCUT2D eigenvalue weighted by Crippen LogP contribution is 2.21. The Morgan fingerprint density at radius 2 is 1.88 bits per heavy atom. The van der Waals surface area contributed by atoms with Gasteiger partial charge in [-0.05, 0) is 32.1 Å². The van der Waals surface area contributed by atoms with Gasteiger partial charge in [-0.2, -0.15) is 0 Å². The van der Waals surface area contributed by atoms with E-state index in [-0.39, 0.29) is 12.4 Å². The minimum Gasteiger partial charge on any atom is -0.375 e. The number of hydrogen-bond donors (Lipinski definition) is 0. The fourth-order valence-corrected chi connectivity index (χ4v) is 2.22. The van der Waals surface area contributed by atoms with Gasteiger partial charge in [-0.25, -0.2) is 0 Å². The molecule has 16 heavy (non-hydrogen) atoms. The average molecular weight is 246 g/mol. The fourth-order valence-electron chi connectivity index (χ4n) is 2.22. The summed E-state index contributed by atoms with van der Waals surface area (Å²) in [6, 6.07) is 0. The summed E-state index contributed by atoms with van der Waals surface area (Å²) in [4.78, 5) is 2.63. The summed E-state index contributed by atoms with van der Waals surface area (Å²) >= 11 is 0. The molecule has 1 aliphatic rings. The van der Waals surface area contributed by atoms with Crippen molar-refractivity contribution in [2.24, 2.45) is 0 Å². The van der Waals surface area contributed by atoms with Crippen molar-refractivity contribution in [3.63, 3.8) is 0 Å². The standard InChI is InChI=1S/C14H27N.ClH/c1-3-5-7-10-14-11-8-9-13-15(14)12-6-4-2;/h10H,3-9,11-13H2,1-2H3;1H. The van der Waals surface area contributed by atoms with Gasteiger partial charge in [0.1, 0.15) is 0 Å². The molecule has 0 bridgehead atoms. The van der Waals surface area contributed by atoms with Crippen molar-refractivity contribution in [1.29, 1.82) is 0 Å². The lowest BCUT2D eigenvalue weighted by molar-refractivity contribution is 0.284. The molecule has 0 aromatic heterocycles. The second-order valence-corrected chi connectivity index (χ2v) is 4.64. The number of allylic oxidation sites excluding steroid dienone is 2. The van der Waals surface area contributed by atoms with E-state index in [1.807, 2.05) is 0 Å². The van der Waals surface area contributed by atoms with Crippen LogP contribution in [0.1, 0.15) is 65.2 Å². The summed E-state index contributed by atoms with van der Waals surface area (Å²) in [5.74, 6) is 0. The van der Waals surface area contributed by atoms with Gasteiger partial charge in [0.15, 0.2) is 0 Å². The van der Waals surface area contributed by atoms with E-state index in [9.17, 15) is 0 Å². The lowest BCUT2D eigenvalue weighted by Crippen LogP contribution is -2.28. The molecule has 1 rings (SSSR count). The SMILES string of the molecule is CCCCC=C1CCCCN1CCCC.Cl. The summed E-state index contributed by atoms with van der Waals surface area (Å²) in [5.41, 5.74) is 1.64. The zero-order valence-corrected chi connectivity index (χ0v) is 11.8. The van der Waals surface area contributed by atoms with Gasteiger partial charge < -0.3 is 4.90 Å². The molecule has 0 aromatic rings. The fraction of sp³-hybridized carbons (Fsp3) is 0.857. The zero-order valence-electron chi connectivity index (χ0n) is 11.0. The van der Waals surface area contributed by atoms with Gasteiger partial charge in [-0.1, -0.05) is 39.2 Å². The number of halogens is 1. The van der Waals surface area contributed by atoms with E-state index in [1.165, 1.54) is 64.5 Å². The van der Waals surface area contributed by atoms with Crippen molar-refractivity contribution in [3.8, 4) is 0 Å². The number of likely N-dealkylation sites (tertiary alicyclic amines) is 1. The van der Waals surface area contributed by atoms with E-state index in [0.29, 0.717) is 0 Å². The normalized spacial score (nSPS) is 18.6. The van der Waals surface area contributed by atoms with Crippen LogP contribution in [0.25, 0.3) is 0 Å². The van der Waals surface area contributed by atoms with Crippen LogP contribution in [0.15, 0.2) is 11.8 Å². The Morgan fingerprint density at radius 1 is 1.12 bits per heavy atom. The predicted molar refractivity (Wildman–Crippen MR) is 75.2 cm³/mol. The van der Waals surface area contributed by atoms with E-state index in [2.05, 4.69) is 24.8 Å². The van der Waals surface area contributed by atoms with Crippen molar-refractivity contribution >= 4 is 12.4 Å². The molecular formula is C14H28ClN. The largest absolute Gasteiger partial charge is 0.375 e. The summed E-state index contributed by atoms with van der Waals surface area (Å²) in [6.07, 6.45) is 13.3. The van der Waals surface area contributed by atoms with Crippen LogP contribution in [0.5, 0.6) is 0 Å². The highest BCUT2D eigenvalue weighted by Gasteiger charge is 2.13. The number of unbranched alkanes of at least 4 members (excludes halogenated alkanes) is 3. The Morgan fingerprint density at radius 3 is 2.56 bits per heavy atom. The van der Waals surface area contributed by atoms with Crippen molar-refractivity contribution in [3.05, 3.63) is 11.8 Å². The third-order valence-corrected chi connectivity index (χ3v) is 3.24. The van der Waals surface area contributed by atoms with Gasteiger partial charge in [-0.15, -0.1) is 12.4 Å². The Hall–Kier alpha value is -0.170. The van der Waals surface area contributed by atoms with E-state index in [4.69, 9.17) is 0 Å². The van der Waals surface area contributed by atoms with Crippen molar-refractivity contribution in [2.45, 2.75) is 65.2 Å². The van der Waals surface area contributed by atoms with Gasteiger partial charge in [0.2, 0.25) is 0 Å². The van der Waals surface area contributed by atoms with Gasteiger partial charge in [0.25, 0.3) is 0 Å². The number of hydrogen-bond acceptors (Lipinski definition) is 1. The van der Waals surface area contributed by atoms with Crippen LogP contribution >= 0.6 is 12.4 Å². The molecule has 1 fully saturated rings. The minimum absolute atomic E-state index is 0. The molecule has 1 heterocycles. The third kappa shape index (κ3) is 5.79. The molecule has 2 heteroatoms. The Bertz CT molecular complexity index is 189. The first-order chi connectivity index (χ1) is 7.38. The first-order valence-corrected chi connectivity index (χ1v) is 6.82. The van der Waals surface area contributed by atoms with Crippen LogP contribution in [0.4, 0.5) is 0 Å². The van der Waals surface area contributed by atoms with E-state index in [1.54, 1.807) is 5.70 Å². The molecular weight excluding hydrogens is 218 g/mol. The molecule has 0 aliphatic carbocycles. The maximum Gasteiger partial charge on any atom is 0.0175 e. The van der Waals surface area contributed by atoms with Crippen molar-refractivity contribution in [1.82, 2.24) is 4.90 Å². The van der Waals surface area contributed by atoms with Crippen LogP contribution in [0.3, 0.4) is 0 Å². The highest BCUT2D eigenvalue weighted by atomic mass is 35.5. The molecule has 0 N–H and O–H groups in total. The molecule has 0 amide bonds. The average Bonchev–Trinajstić information content (AvgIpc) is 2.28. The van der Waals surface area contributed by atoms with Gasteiger partial charge in [0.05, 0.1) is 0 Å².